The van der Waals surface area contributed by atoms with Gasteiger partial charge in [-0.15, -0.1) is 0 Å². The van der Waals surface area contributed by atoms with E-state index in [1.807, 2.05) is 6.92 Å². The molecule has 7 heteroatoms. The second-order valence-electron chi connectivity index (χ2n) is 5.94. The molecule has 0 fully saturated rings. The van der Waals surface area contributed by atoms with E-state index in [-0.39, 0.29) is 22.9 Å². The molecule has 3 rings (SSSR count). The number of hydrogen-bond acceptors (Lipinski definition) is 3. The van der Waals surface area contributed by atoms with Crippen LogP contribution < -0.4 is 5.32 Å². The third kappa shape index (κ3) is 3.62. The van der Waals surface area contributed by atoms with Crippen molar-refractivity contribution in [3.63, 3.8) is 0 Å². The minimum atomic E-state index is -3.78. The first kappa shape index (κ1) is 18.1. The van der Waals surface area contributed by atoms with E-state index in [9.17, 15) is 17.6 Å². The van der Waals surface area contributed by atoms with Crippen LogP contribution in [0, 0.1) is 5.82 Å². The van der Waals surface area contributed by atoms with Crippen LogP contribution in [0.5, 0.6) is 0 Å². The van der Waals surface area contributed by atoms with Crippen molar-refractivity contribution in [2.45, 2.75) is 24.1 Å². The number of sulfone groups is 1. The minimum absolute atomic E-state index is 0.0174. The number of para-hydroxylation sites is 1. The summed E-state index contributed by atoms with van der Waals surface area (Å²) in [5.74, 6) is -1.19. The number of aromatic nitrogens is 1. The van der Waals surface area contributed by atoms with Gasteiger partial charge in [-0.25, -0.2) is 12.8 Å². The highest BCUT2D eigenvalue weighted by Gasteiger charge is 2.23. The Morgan fingerprint density at radius 2 is 1.81 bits per heavy atom. The number of halogens is 1. The van der Waals surface area contributed by atoms with Crippen LogP contribution in [0.1, 0.15) is 12.5 Å². The molecule has 0 saturated heterocycles. The van der Waals surface area contributed by atoms with Crippen LogP contribution in [0.2, 0.25) is 0 Å². The molecule has 1 aromatic heterocycles. The topological polar surface area (TPSA) is 68.2 Å². The van der Waals surface area contributed by atoms with Crippen molar-refractivity contribution in [3.8, 4) is 0 Å². The monoisotopic (exact) mass is 374 g/mol. The number of nitrogens with one attached hydrogen (secondary N) is 1. The summed E-state index contributed by atoms with van der Waals surface area (Å²) in [6, 6.07) is 12.8. The fourth-order valence-corrected chi connectivity index (χ4v) is 4.49. The summed E-state index contributed by atoms with van der Waals surface area (Å²) in [5.41, 5.74) is 0.763. The molecule has 136 valence electrons. The van der Waals surface area contributed by atoms with Gasteiger partial charge >= 0.3 is 0 Å². The second-order valence-corrected chi connectivity index (χ2v) is 7.90. The zero-order valence-corrected chi connectivity index (χ0v) is 15.1. The first-order chi connectivity index (χ1) is 12.4. The Morgan fingerprint density at radius 1 is 1.12 bits per heavy atom. The molecule has 0 aliphatic carbocycles. The molecule has 1 heterocycles. The number of nitrogens with zero attached hydrogens (tertiary/aromatic N) is 1. The molecule has 0 spiro atoms. The van der Waals surface area contributed by atoms with Crippen LogP contribution in [0.15, 0.2) is 59.6 Å². The molecule has 0 atom stereocenters. The molecule has 2 aromatic carbocycles. The highest BCUT2D eigenvalue weighted by atomic mass is 32.2. The van der Waals surface area contributed by atoms with E-state index in [4.69, 9.17) is 0 Å². The van der Waals surface area contributed by atoms with Crippen LogP contribution in [0.25, 0.3) is 10.9 Å². The molecule has 1 N–H and O–H groups in total. The molecule has 0 radical (unpaired) electrons. The Balaban J connectivity index is 2.04. The van der Waals surface area contributed by atoms with E-state index in [2.05, 4.69) is 5.32 Å². The van der Waals surface area contributed by atoms with Gasteiger partial charge in [-0.1, -0.05) is 36.4 Å². The maximum Gasteiger partial charge on any atom is 0.239 e. The summed E-state index contributed by atoms with van der Waals surface area (Å²) in [5, 5.41) is 3.22. The van der Waals surface area contributed by atoms with Gasteiger partial charge in [0.1, 0.15) is 12.4 Å². The SMILES string of the molecule is CCNC(=O)Cn1cc(S(=O)(=O)Cc2ccccc2F)c2ccccc21. The molecular weight excluding hydrogens is 355 g/mol. The highest BCUT2D eigenvalue weighted by Crippen LogP contribution is 2.28. The lowest BCUT2D eigenvalue weighted by atomic mass is 10.2. The minimum Gasteiger partial charge on any atom is -0.355 e. The molecule has 0 unspecified atom stereocenters. The largest absolute Gasteiger partial charge is 0.355 e. The standard InChI is InChI=1S/C19H19FN2O3S/c1-2-21-19(23)12-22-11-18(15-8-4-6-10-17(15)22)26(24,25)13-14-7-3-5-9-16(14)20/h3-11H,2,12-13H2,1H3,(H,21,23). The number of carbonyl (C=O) groups excluding carboxylic acids is 1. The Labute approximate surface area is 151 Å². The van der Waals surface area contributed by atoms with Crippen molar-refractivity contribution in [2.75, 3.05) is 6.54 Å². The lowest BCUT2D eigenvalue weighted by molar-refractivity contribution is -0.121. The predicted molar refractivity (Wildman–Crippen MR) is 97.9 cm³/mol. The zero-order chi connectivity index (χ0) is 18.7. The van der Waals surface area contributed by atoms with Crippen molar-refractivity contribution in [3.05, 3.63) is 66.1 Å². The van der Waals surface area contributed by atoms with E-state index in [0.29, 0.717) is 17.4 Å². The van der Waals surface area contributed by atoms with Crippen LogP contribution >= 0.6 is 0 Å². The average molecular weight is 374 g/mol. The molecule has 0 bridgehead atoms. The fraction of sp³-hybridized carbons (Fsp3) is 0.211. The molecule has 5 nitrogen and oxygen atoms in total. The molecule has 0 aliphatic heterocycles. The lowest BCUT2D eigenvalue weighted by Gasteiger charge is -2.05. The lowest BCUT2D eigenvalue weighted by Crippen LogP contribution is -2.26. The second kappa shape index (κ2) is 7.29. The summed E-state index contributed by atoms with van der Waals surface area (Å²) < 4.78 is 41.3. The van der Waals surface area contributed by atoms with Gasteiger partial charge in [0.15, 0.2) is 9.84 Å². The smallest absolute Gasteiger partial charge is 0.239 e. The number of likely N-dealkylation sites (N-methyl/N-ethyl adjacent to an activating group) is 1. The van der Waals surface area contributed by atoms with Crippen molar-refractivity contribution >= 4 is 26.6 Å². The third-order valence-corrected chi connectivity index (χ3v) is 5.76. The number of fused-ring (bicyclic) bond motifs is 1. The van der Waals surface area contributed by atoms with Gasteiger partial charge in [0, 0.05) is 29.2 Å². The molecule has 26 heavy (non-hydrogen) atoms. The highest BCUT2D eigenvalue weighted by molar-refractivity contribution is 7.90. The van der Waals surface area contributed by atoms with Crippen LogP contribution in [0.3, 0.4) is 0 Å². The fourth-order valence-electron chi connectivity index (χ4n) is 2.90. The Kier molecular flexibility index (Phi) is 5.08. The first-order valence-corrected chi connectivity index (χ1v) is 9.88. The summed E-state index contributed by atoms with van der Waals surface area (Å²) in [7, 11) is -3.78. The van der Waals surface area contributed by atoms with Crippen LogP contribution in [-0.2, 0) is 26.9 Å². The van der Waals surface area contributed by atoms with Gasteiger partial charge in [-0.05, 0) is 19.1 Å². The van der Waals surface area contributed by atoms with Gasteiger partial charge in [0.2, 0.25) is 5.91 Å². The molecule has 0 aliphatic rings. The number of rotatable bonds is 6. The summed E-state index contributed by atoms with van der Waals surface area (Å²) in [4.78, 5) is 12.0. The van der Waals surface area contributed by atoms with Gasteiger partial charge in [0.05, 0.1) is 10.6 Å². The van der Waals surface area contributed by atoms with Gasteiger partial charge in [-0.2, -0.15) is 0 Å². The molecule has 1 amide bonds. The number of hydrogen-bond donors (Lipinski definition) is 1. The van der Waals surface area contributed by atoms with E-state index >= 15 is 0 Å². The molecule has 3 aromatic rings. The van der Waals surface area contributed by atoms with Crippen molar-refractivity contribution < 1.29 is 17.6 Å². The van der Waals surface area contributed by atoms with Crippen LogP contribution in [-0.4, -0.2) is 25.4 Å². The summed E-state index contributed by atoms with van der Waals surface area (Å²) in [6.07, 6.45) is 1.45. The van der Waals surface area contributed by atoms with Gasteiger partial charge in [-0.3, -0.25) is 4.79 Å². The predicted octanol–water partition coefficient (Wildman–Crippen LogP) is 2.89. The Morgan fingerprint density at radius 3 is 2.54 bits per heavy atom. The average Bonchev–Trinajstić information content (AvgIpc) is 2.97. The van der Waals surface area contributed by atoms with Crippen molar-refractivity contribution in [1.29, 1.82) is 0 Å². The van der Waals surface area contributed by atoms with Gasteiger partial charge in [0.25, 0.3) is 0 Å². The molecular formula is C19H19FN2O3S. The van der Waals surface area contributed by atoms with Crippen molar-refractivity contribution in [1.82, 2.24) is 9.88 Å². The zero-order valence-electron chi connectivity index (χ0n) is 14.3. The maximum absolute atomic E-state index is 13.9. The third-order valence-electron chi connectivity index (χ3n) is 4.08. The van der Waals surface area contributed by atoms with Gasteiger partial charge < -0.3 is 9.88 Å². The number of carbonyl (C=O) groups is 1. The number of amides is 1. The van der Waals surface area contributed by atoms with E-state index in [0.717, 1.165) is 0 Å². The van der Waals surface area contributed by atoms with E-state index in [1.54, 1.807) is 34.9 Å². The normalized spacial score (nSPS) is 11.6. The van der Waals surface area contributed by atoms with Crippen LogP contribution in [0.4, 0.5) is 4.39 Å². The summed E-state index contributed by atoms with van der Waals surface area (Å²) in [6.45, 7) is 2.33. The first-order valence-electron chi connectivity index (χ1n) is 8.23. The Hall–Kier alpha value is -2.67. The van der Waals surface area contributed by atoms with E-state index in [1.165, 1.54) is 24.4 Å². The van der Waals surface area contributed by atoms with E-state index < -0.39 is 21.4 Å². The maximum atomic E-state index is 13.9. The van der Waals surface area contributed by atoms with Crippen molar-refractivity contribution in [2.24, 2.45) is 0 Å². The number of benzene rings is 2. The Bertz CT molecular complexity index is 1060. The summed E-state index contributed by atoms with van der Waals surface area (Å²) >= 11 is 0. The molecule has 0 saturated carbocycles. The quantitative estimate of drug-likeness (QED) is 0.721.